The van der Waals surface area contributed by atoms with Crippen molar-refractivity contribution in [2.75, 3.05) is 18.1 Å². The Kier molecular flexibility index (Phi) is 13.7. The van der Waals surface area contributed by atoms with E-state index in [-0.39, 0.29) is 30.2 Å². The summed E-state index contributed by atoms with van der Waals surface area (Å²) in [5.41, 5.74) is -1.52. The highest BCUT2D eigenvalue weighted by Crippen LogP contribution is 2.21. The van der Waals surface area contributed by atoms with Gasteiger partial charge in [0.05, 0.1) is 29.6 Å². The number of hydrogen-bond acceptors (Lipinski definition) is 7. The van der Waals surface area contributed by atoms with Gasteiger partial charge in [0, 0.05) is 5.41 Å². The van der Waals surface area contributed by atoms with Crippen LogP contribution in [0.5, 0.6) is 0 Å². The average Bonchev–Trinajstić information content (AvgIpc) is 2.57. The van der Waals surface area contributed by atoms with Gasteiger partial charge >= 0.3 is 5.97 Å². The lowest BCUT2D eigenvalue weighted by Gasteiger charge is -2.30. The summed E-state index contributed by atoms with van der Waals surface area (Å²) in [5, 5.41) is 2.63. The van der Waals surface area contributed by atoms with Crippen LogP contribution in [0.3, 0.4) is 0 Å². The van der Waals surface area contributed by atoms with E-state index in [0.29, 0.717) is 19.3 Å². The maximum atomic E-state index is 11.8. The van der Waals surface area contributed by atoms with Crippen molar-refractivity contribution in [1.29, 1.82) is 0 Å². The molecule has 10 nitrogen and oxygen atoms in total. The minimum Gasteiger partial charge on any atom is -0.465 e. The maximum absolute atomic E-state index is 11.8. The molecule has 1 atom stereocenters. The molecule has 0 spiro atoms. The van der Waals surface area contributed by atoms with E-state index in [0.717, 1.165) is 6.42 Å². The van der Waals surface area contributed by atoms with Crippen LogP contribution in [0.25, 0.3) is 0 Å². The minimum atomic E-state index is -4.09. The van der Waals surface area contributed by atoms with E-state index in [1.807, 2.05) is 13.8 Å². The van der Waals surface area contributed by atoms with E-state index < -0.39 is 36.9 Å². The Labute approximate surface area is 187 Å². The van der Waals surface area contributed by atoms with Gasteiger partial charge in [-0.1, -0.05) is 34.6 Å². The number of ether oxygens (including phenoxy) is 1. The minimum absolute atomic E-state index is 0.119. The van der Waals surface area contributed by atoms with Gasteiger partial charge in [-0.2, -0.15) is 16.8 Å². The number of nitrogens with one attached hydrogen (secondary N) is 1. The lowest BCUT2D eigenvalue weighted by molar-refractivity contribution is -0.148. The second-order valence-corrected chi connectivity index (χ2v) is 11.8. The first kappa shape index (κ1) is 31.9. The molecule has 31 heavy (non-hydrogen) atoms. The normalized spacial score (nSPS) is 13.6. The Morgan fingerprint density at radius 2 is 1.48 bits per heavy atom. The van der Waals surface area contributed by atoms with Gasteiger partial charge in [0.25, 0.3) is 20.2 Å². The van der Waals surface area contributed by atoms with E-state index in [1.54, 1.807) is 34.6 Å². The number of rotatable bonds is 12. The van der Waals surface area contributed by atoms with Crippen LogP contribution in [-0.4, -0.2) is 61.5 Å². The summed E-state index contributed by atoms with van der Waals surface area (Å²) >= 11 is 0. The average molecular weight is 490 g/mol. The van der Waals surface area contributed by atoms with Crippen molar-refractivity contribution < 1.29 is 40.3 Å². The third-order valence-corrected chi connectivity index (χ3v) is 6.44. The number of unbranched alkanes of at least 4 members (excludes halogenated alkanes) is 1. The maximum Gasteiger partial charge on any atom is 0.308 e. The summed E-state index contributed by atoms with van der Waals surface area (Å²) in [7, 11) is -7.98. The van der Waals surface area contributed by atoms with Crippen LogP contribution in [-0.2, 0) is 34.6 Å². The van der Waals surface area contributed by atoms with Gasteiger partial charge in [-0.05, 0) is 39.5 Å². The molecule has 186 valence electrons. The van der Waals surface area contributed by atoms with Gasteiger partial charge in [0.2, 0.25) is 5.91 Å². The molecular formula is C19H39NO9S2. The monoisotopic (exact) mass is 489 g/mol. The summed E-state index contributed by atoms with van der Waals surface area (Å²) in [4.78, 5) is 23.0. The zero-order valence-corrected chi connectivity index (χ0v) is 21.2. The van der Waals surface area contributed by atoms with E-state index in [4.69, 9.17) is 13.8 Å². The quantitative estimate of drug-likeness (QED) is 0.212. The molecular weight excluding hydrogens is 450 g/mol. The largest absolute Gasteiger partial charge is 0.465 e. The number of carbonyl (C=O) groups is 2. The van der Waals surface area contributed by atoms with Crippen molar-refractivity contribution in [1.82, 2.24) is 5.32 Å². The van der Waals surface area contributed by atoms with E-state index in [9.17, 15) is 26.4 Å². The predicted molar refractivity (Wildman–Crippen MR) is 119 cm³/mol. The van der Waals surface area contributed by atoms with Crippen molar-refractivity contribution >= 4 is 32.1 Å². The number of amides is 1. The van der Waals surface area contributed by atoms with Crippen LogP contribution < -0.4 is 5.32 Å². The first-order valence-corrected chi connectivity index (χ1v) is 13.4. The molecule has 0 rings (SSSR count). The summed E-state index contributed by atoms with van der Waals surface area (Å²) < 4.78 is 64.2. The predicted octanol–water partition coefficient (Wildman–Crippen LogP) is 2.45. The molecule has 0 aliphatic rings. The molecule has 0 aliphatic heterocycles. The van der Waals surface area contributed by atoms with E-state index in [1.165, 1.54) is 0 Å². The Morgan fingerprint density at radius 3 is 1.87 bits per heavy atom. The molecule has 0 heterocycles. The van der Waals surface area contributed by atoms with Crippen LogP contribution in [0.4, 0.5) is 0 Å². The molecule has 0 aromatic rings. The molecule has 0 aliphatic carbocycles. The van der Waals surface area contributed by atoms with Gasteiger partial charge in [-0.3, -0.25) is 18.7 Å². The van der Waals surface area contributed by atoms with Crippen LogP contribution >= 0.6 is 0 Å². The van der Waals surface area contributed by atoms with Crippen molar-refractivity contribution in [3.8, 4) is 0 Å². The highest BCUT2D eigenvalue weighted by Gasteiger charge is 2.32. The van der Waals surface area contributed by atoms with Gasteiger partial charge in [0.1, 0.15) is 0 Å². The van der Waals surface area contributed by atoms with Crippen molar-refractivity contribution in [3.05, 3.63) is 0 Å². The Morgan fingerprint density at radius 1 is 0.968 bits per heavy atom. The fraction of sp³-hybridized carbons (Fsp3) is 0.895. The Balaban J connectivity index is 0. The van der Waals surface area contributed by atoms with Crippen LogP contribution in [0, 0.1) is 11.3 Å². The number of hydrogen-bond donors (Lipinski definition) is 3. The van der Waals surface area contributed by atoms with E-state index >= 15 is 0 Å². The fourth-order valence-corrected chi connectivity index (χ4v) is 3.55. The topological polar surface area (TPSA) is 164 Å². The van der Waals surface area contributed by atoms with Crippen molar-refractivity contribution in [2.45, 2.75) is 79.7 Å². The zero-order chi connectivity index (χ0) is 25.1. The Bertz CT molecular complexity index is 772. The summed E-state index contributed by atoms with van der Waals surface area (Å²) in [5.74, 6) is -1.38. The summed E-state index contributed by atoms with van der Waals surface area (Å²) in [6.07, 6.45) is 2.12. The van der Waals surface area contributed by atoms with E-state index in [2.05, 4.69) is 5.32 Å². The van der Waals surface area contributed by atoms with Crippen molar-refractivity contribution in [2.24, 2.45) is 11.3 Å². The molecule has 12 heteroatoms. The fourth-order valence-electron chi connectivity index (χ4n) is 2.00. The van der Waals surface area contributed by atoms with Gasteiger partial charge in [0.15, 0.2) is 0 Å². The molecule has 0 bridgehead atoms. The second-order valence-electron chi connectivity index (χ2n) is 8.77. The Hall–Kier alpha value is -1.24. The molecule has 1 amide bonds. The van der Waals surface area contributed by atoms with Crippen LogP contribution in [0.2, 0.25) is 0 Å². The second kappa shape index (κ2) is 13.3. The van der Waals surface area contributed by atoms with Crippen molar-refractivity contribution in [3.63, 3.8) is 0 Å². The summed E-state index contributed by atoms with van der Waals surface area (Å²) in [6, 6.07) is 0. The molecule has 0 saturated carbocycles. The van der Waals surface area contributed by atoms with Gasteiger partial charge in [-0.25, -0.2) is 0 Å². The smallest absolute Gasteiger partial charge is 0.308 e. The zero-order valence-electron chi connectivity index (χ0n) is 19.6. The standard InChI is InChI=1S/C10H21NO4S.C9H18O5S/c1-6-9(2,3)8(12)11-10(4,5)7-16(13,14)15;1-3-8(2)9(10)14-6-4-5-7-15(11,12)13/h6-7H2,1-5H3,(H,11,12)(H,13,14,15);8H,3-7H2,1-2H3,(H,11,12,13). The molecule has 3 N–H and O–H groups in total. The van der Waals surface area contributed by atoms with Gasteiger partial charge < -0.3 is 10.1 Å². The SMILES string of the molecule is CCC(C)(C)C(=O)NC(C)(C)CS(=O)(=O)O.CCC(C)C(=O)OCCCCS(=O)(=O)O. The molecule has 0 aromatic carbocycles. The third-order valence-electron chi connectivity index (χ3n) is 4.55. The lowest BCUT2D eigenvalue weighted by atomic mass is 9.88. The molecule has 0 radical (unpaired) electrons. The lowest BCUT2D eigenvalue weighted by Crippen LogP contribution is -2.52. The number of esters is 1. The summed E-state index contributed by atoms with van der Waals surface area (Å²) in [6.45, 7) is 12.4. The highest BCUT2D eigenvalue weighted by atomic mass is 32.2. The molecule has 0 saturated heterocycles. The molecule has 0 fully saturated rings. The number of carbonyl (C=O) groups excluding carboxylic acids is 2. The van der Waals surface area contributed by atoms with Gasteiger partial charge in [-0.15, -0.1) is 0 Å². The first-order valence-electron chi connectivity index (χ1n) is 10.2. The highest BCUT2D eigenvalue weighted by molar-refractivity contribution is 7.86. The first-order chi connectivity index (χ1) is 13.8. The van der Waals surface area contributed by atoms with Crippen LogP contribution in [0.15, 0.2) is 0 Å². The molecule has 1 unspecified atom stereocenters. The van der Waals surface area contributed by atoms with Crippen LogP contribution in [0.1, 0.15) is 74.1 Å². The molecule has 0 aromatic heterocycles. The third kappa shape index (κ3) is 18.1.